The van der Waals surface area contributed by atoms with Crippen molar-refractivity contribution >= 4 is 11.6 Å². The molecule has 26 heavy (non-hydrogen) atoms. The molecule has 2 aliphatic rings. The van der Waals surface area contributed by atoms with E-state index in [-0.39, 0.29) is 18.1 Å². The molecule has 7 nitrogen and oxygen atoms in total. The van der Waals surface area contributed by atoms with Gasteiger partial charge in [-0.25, -0.2) is 9.97 Å². The molecule has 1 aromatic heterocycles. The fourth-order valence-corrected chi connectivity index (χ4v) is 4.06. The molecule has 4 rings (SSSR count). The Hall–Kier alpha value is -2.22. The van der Waals surface area contributed by atoms with Crippen LogP contribution < -0.4 is 15.5 Å². The third-order valence-electron chi connectivity index (χ3n) is 5.44. The average molecular weight is 355 g/mol. The molecule has 0 aliphatic carbocycles. The summed E-state index contributed by atoms with van der Waals surface area (Å²) in [7, 11) is 0. The first-order valence-electron chi connectivity index (χ1n) is 9.10. The smallest absolute Gasteiger partial charge is 0.134 e. The zero-order chi connectivity index (χ0) is 18.1. The molecule has 2 fully saturated rings. The molecular formula is C19H25N5O2. The van der Waals surface area contributed by atoms with Crippen molar-refractivity contribution in [3.63, 3.8) is 0 Å². The van der Waals surface area contributed by atoms with E-state index in [0.29, 0.717) is 32.6 Å². The largest absolute Gasteiger partial charge is 0.391 e. The van der Waals surface area contributed by atoms with Gasteiger partial charge in [0.25, 0.3) is 0 Å². The summed E-state index contributed by atoms with van der Waals surface area (Å²) < 4.78 is 0. The quantitative estimate of drug-likeness (QED) is 0.727. The SMILES string of the molecule is NC[C@H]1C[C@@H](O)CN1c1cc(N2C[C@@H](O)[C@H](c3ccccc3)C2)ncn1. The zero-order valence-corrected chi connectivity index (χ0v) is 14.6. The summed E-state index contributed by atoms with van der Waals surface area (Å²) in [6.45, 7) is 2.27. The van der Waals surface area contributed by atoms with Crippen molar-refractivity contribution in [2.45, 2.75) is 30.6 Å². The van der Waals surface area contributed by atoms with E-state index >= 15 is 0 Å². The van der Waals surface area contributed by atoms with Crippen molar-refractivity contribution in [1.82, 2.24) is 9.97 Å². The minimum Gasteiger partial charge on any atom is -0.391 e. The monoisotopic (exact) mass is 355 g/mol. The summed E-state index contributed by atoms with van der Waals surface area (Å²) >= 11 is 0. The highest BCUT2D eigenvalue weighted by Gasteiger charge is 2.34. The molecule has 0 bridgehead atoms. The molecule has 1 aromatic carbocycles. The Morgan fingerprint density at radius 1 is 1.04 bits per heavy atom. The van der Waals surface area contributed by atoms with Gasteiger partial charge in [-0.15, -0.1) is 0 Å². The number of β-amino-alcohol motifs (C(OH)–C–C–N with tert-alkyl or cyclic N) is 2. The van der Waals surface area contributed by atoms with Crippen molar-refractivity contribution in [2.24, 2.45) is 5.73 Å². The fourth-order valence-electron chi connectivity index (χ4n) is 4.06. The van der Waals surface area contributed by atoms with E-state index in [1.165, 1.54) is 0 Å². The van der Waals surface area contributed by atoms with Crippen molar-refractivity contribution in [2.75, 3.05) is 36.0 Å². The standard InChI is InChI=1S/C19H25N5O2/c20-8-14-6-15(25)9-24(14)19-7-18(21-12-22-19)23-10-16(17(26)11-23)13-4-2-1-3-5-13/h1-5,7,12,14-17,25-26H,6,8-11,20H2/t14-,15-,16+,17-/m1/s1. The van der Waals surface area contributed by atoms with Crippen molar-refractivity contribution in [3.05, 3.63) is 48.3 Å². The molecule has 0 radical (unpaired) electrons. The van der Waals surface area contributed by atoms with Crippen LogP contribution in [0.5, 0.6) is 0 Å². The van der Waals surface area contributed by atoms with Crippen LogP contribution in [0.15, 0.2) is 42.7 Å². The number of aliphatic hydroxyl groups is 2. The second kappa shape index (κ2) is 7.19. The van der Waals surface area contributed by atoms with Crippen molar-refractivity contribution in [3.8, 4) is 0 Å². The Balaban J connectivity index is 1.54. The van der Waals surface area contributed by atoms with E-state index in [1.807, 2.05) is 24.3 Å². The van der Waals surface area contributed by atoms with Gasteiger partial charge in [0, 0.05) is 44.2 Å². The minimum atomic E-state index is -0.429. The highest BCUT2D eigenvalue weighted by Crippen LogP contribution is 2.32. The molecule has 3 heterocycles. The second-order valence-corrected chi connectivity index (χ2v) is 7.16. The van der Waals surface area contributed by atoms with E-state index in [1.54, 1.807) is 6.33 Å². The Labute approximate surface area is 153 Å². The molecule has 0 amide bonds. The first-order chi connectivity index (χ1) is 12.7. The molecule has 4 N–H and O–H groups in total. The molecule has 2 saturated heterocycles. The molecule has 0 saturated carbocycles. The van der Waals surface area contributed by atoms with E-state index in [2.05, 4.69) is 31.9 Å². The second-order valence-electron chi connectivity index (χ2n) is 7.16. The molecule has 138 valence electrons. The number of aliphatic hydroxyl groups excluding tert-OH is 2. The van der Waals surface area contributed by atoms with Crippen LogP contribution in [0.1, 0.15) is 17.9 Å². The lowest BCUT2D eigenvalue weighted by atomic mass is 9.96. The minimum absolute atomic E-state index is 0.0695. The fraction of sp³-hybridized carbons (Fsp3) is 0.474. The van der Waals surface area contributed by atoms with Crippen LogP contribution >= 0.6 is 0 Å². The van der Waals surface area contributed by atoms with E-state index in [4.69, 9.17) is 5.73 Å². The summed E-state index contributed by atoms with van der Waals surface area (Å²) in [5.41, 5.74) is 6.99. The number of benzene rings is 1. The molecule has 4 atom stereocenters. The number of rotatable bonds is 4. The predicted molar refractivity (Wildman–Crippen MR) is 100 cm³/mol. The molecule has 7 heteroatoms. The Morgan fingerprint density at radius 3 is 2.58 bits per heavy atom. The summed E-state index contributed by atoms with van der Waals surface area (Å²) in [4.78, 5) is 12.9. The maximum Gasteiger partial charge on any atom is 0.134 e. The molecule has 0 unspecified atom stereocenters. The number of aromatic nitrogens is 2. The lowest BCUT2D eigenvalue weighted by molar-refractivity contribution is 0.179. The maximum atomic E-state index is 10.5. The van der Waals surface area contributed by atoms with Gasteiger partial charge in [-0.1, -0.05) is 30.3 Å². The van der Waals surface area contributed by atoms with Crippen LogP contribution in [0.25, 0.3) is 0 Å². The molecule has 2 aliphatic heterocycles. The third-order valence-corrected chi connectivity index (χ3v) is 5.44. The van der Waals surface area contributed by atoms with E-state index < -0.39 is 6.10 Å². The lowest BCUT2D eigenvalue weighted by Crippen LogP contribution is -2.36. The lowest BCUT2D eigenvalue weighted by Gasteiger charge is -2.25. The van der Waals surface area contributed by atoms with Gasteiger partial charge in [0.15, 0.2) is 0 Å². The molecule has 2 aromatic rings. The van der Waals surface area contributed by atoms with Crippen LogP contribution in [0.3, 0.4) is 0 Å². The first kappa shape index (κ1) is 17.2. The van der Waals surface area contributed by atoms with Gasteiger partial charge in [0.05, 0.1) is 12.2 Å². The Morgan fingerprint density at radius 2 is 1.81 bits per heavy atom. The number of hydrogen-bond donors (Lipinski definition) is 3. The maximum absolute atomic E-state index is 10.5. The van der Waals surface area contributed by atoms with Gasteiger partial charge < -0.3 is 25.7 Å². The topological polar surface area (TPSA) is 98.7 Å². The Kier molecular flexibility index (Phi) is 4.76. The number of hydrogen-bond acceptors (Lipinski definition) is 7. The number of anilines is 2. The summed E-state index contributed by atoms with van der Waals surface area (Å²) in [6.07, 6.45) is 1.40. The Bertz CT molecular complexity index is 744. The molecule has 0 spiro atoms. The number of nitrogens with two attached hydrogens (primary N) is 1. The van der Waals surface area contributed by atoms with Crippen LogP contribution in [0, 0.1) is 0 Å². The summed E-state index contributed by atoms with van der Waals surface area (Å²) in [5.74, 6) is 1.64. The summed E-state index contributed by atoms with van der Waals surface area (Å²) in [6, 6.07) is 12.1. The predicted octanol–water partition coefficient (Wildman–Crippen LogP) is 0.340. The average Bonchev–Trinajstić information content (AvgIpc) is 3.25. The van der Waals surface area contributed by atoms with Crippen LogP contribution in [-0.4, -0.2) is 64.6 Å². The van der Waals surface area contributed by atoms with E-state index in [0.717, 1.165) is 17.2 Å². The van der Waals surface area contributed by atoms with Crippen LogP contribution in [0.4, 0.5) is 11.6 Å². The number of nitrogens with zero attached hydrogens (tertiary/aromatic N) is 4. The summed E-state index contributed by atoms with van der Waals surface area (Å²) in [5, 5.41) is 20.5. The first-order valence-corrected chi connectivity index (χ1v) is 9.10. The van der Waals surface area contributed by atoms with Gasteiger partial charge in [0.1, 0.15) is 18.0 Å². The van der Waals surface area contributed by atoms with Gasteiger partial charge in [-0.2, -0.15) is 0 Å². The third kappa shape index (κ3) is 3.25. The van der Waals surface area contributed by atoms with Crippen LogP contribution in [0.2, 0.25) is 0 Å². The highest BCUT2D eigenvalue weighted by atomic mass is 16.3. The van der Waals surface area contributed by atoms with Gasteiger partial charge in [-0.05, 0) is 12.0 Å². The van der Waals surface area contributed by atoms with E-state index in [9.17, 15) is 10.2 Å². The normalized spacial score (nSPS) is 28.7. The highest BCUT2D eigenvalue weighted by molar-refractivity contribution is 5.53. The van der Waals surface area contributed by atoms with Gasteiger partial charge in [-0.3, -0.25) is 0 Å². The van der Waals surface area contributed by atoms with Gasteiger partial charge >= 0.3 is 0 Å². The van der Waals surface area contributed by atoms with Crippen molar-refractivity contribution < 1.29 is 10.2 Å². The molecular weight excluding hydrogens is 330 g/mol. The van der Waals surface area contributed by atoms with Gasteiger partial charge in [0.2, 0.25) is 0 Å². The zero-order valence-electron chi connectivity index (χ0n) is 14.6. The van der Waals surface area contributed by atoms with Crippen LogP contribution in [-0.2, 0) is 0 Å². The van der Waals surface area contributed by atoms with Crippen molar-refractivity contribution in [1.29, 1.82) is 0 Å².